The largest absolute Gasteiger partial charge is 0.493 e. The number of hydrogen-bond donors (Lipinski definition) is 0. The topological polar surface area (TPSA) is 66.5 Å². The molecule has 5 rings (SSSR count). The number of hydroxylamine groups is 1. The van der Waals surface area contributed by atoms with Crippen LogP contribution in [0.1, 0.15) is 22.0 Å². The standard InChI is InChI=1S/C21H21NO6/c1-24-16-12-14-15-10-11-21(27-4,28-22(15)13-8-6-5-7-9-13)20(23)17(14)19(26-3)18(16)25-2/h5-12,15H,1-4H3/t15-,21+/m0/s1. The summed E-state index contributed by atoms with van der Waals surface area (Å²) in [6.07, 6.45) is 3.52. The molecule has 2 aromatic carbocycles. The molecule has 0 saturated heterocycles. The normalized spacial score (nSPS) is 22.6. The summed E-state index contributed by atoms with van der Waals surface area (Å²) in [5, 5.41) is 1.67. The highest BCUT2D eigenvalue weighted by Crippen LogP contribution is 2.51. The van der Waals surface area contributed by atoms with Gasteiger partial charge in [-0.25, -0.2) is 9.90 Å². The highest BCUT2D eigenvalue weighted by atomic mass is 16.8. The Morgan fingerprint density at radius 1 is 1.00 bits per heavy atom. The summed E-state index contributed by atoms with van der Waals surface area (Å²) in [5.41, 5.74) is 1.80. The van der Waals surface area contributed by atoms with E-state index in [2.05, 4.69) is 0 Å². The molecule has 3 aliphatic rings. The molecule has 0 spiro atoms. The van der Waals surface area contributed by atoms with E-state index >= 15 is 0 Å². The Bertz CT molecular complexity index is 942. The smallest absolute Gasteiger partial charge is 0.277 e. The van der Waals surface area contributed by atoms with Crippen LogP contribution in [0.25, 0.3) is 0 Å². The van der Waals surface area contributed by atoms with E-state index < -0.39 is 5.79 Å². The lowest BCUT2D eigenvalue weighted by Gasteiger charge is -2.38. The molecule has 2 bridgehead atoms. The number of para-hydroxylation sites is 1. The molecule has 0 fully saturated rings. The zero-order valence-electron chi connectivity index (χ0n) is 16.1. The number of carbonyl (C=O) groups excluding carboxylic acids is 1. The fraction of sp³-hybridized carbons (Fsp3) is 0.286. The molecule has 0 aromatic heterocycles. The minimum absolute atomic E-state index is 0.287. The first kappa shape index (κ1) is 18.3. The van der Waals surface area contributed by atoms with Gasteiger partial charge in [-0.05, 0) is 29.8 Å². The van der Waals surface area contributed by atoms with Crippen LogP contribution < -0.4 is 19.3 Å². The van der Waals surface area contributed by atoms with Gasteiger partial charge >= 0.3 is 0 Å². The van der Waals surface area contributed by atoms with E-state index in [1.807, 2.05) is 36.4 Å². The number of ether oxygens (including phenoxy) is 4. The van der Waals surface area contributed by atoms with Gasteiger partial charge in [0.2, 0.25) is 11.5 Å². The number of rotatable bonds is 5. The maximum atomic E-state index is 13.6. The summed E-state index contributed by atoms with van der Waals surface area (Å²) in [4.78, 5) is 19.7. The van der Waals surface area contributed by atoms with Crippen molar-refractivity contribution >= 4 is 11.5 Å². The predicted octanol–water partition coefficient (Wildman–Crippen LogP) is 3.30. The van der Waals surface area contributed by atoms with Crippen LogP contribution in [0.4, 0.5) is 5.69 Å². The van der Waals surface area contributed by atoms with Gasteiger partial charge in [0.15, 0.2) is 11.5 Å². The molecule has 0 amide bonds. The van der Waals surface area contributed by atoms with Crippen molar-refractivity contribution < 1.29 is 28.6 Å². The van der Waals surface area contributed by atoms with Crippen LogP contribution in [0.5, 0.6) is 17.2 Å². The van der Waals surface area contributed by atoms with Gasteiger partial charge in [0.25, 0.3) is 5.79 Å². The second-order valence-corrected chi connectivity index (χ2v) is 6.37. The molecule has 28 heavy (non-hydrogen) atoms. The molecule has 2 aromatic rings. The van der Waals surface area contributed by atoms with Gasteiger partial charge in [-0.1, -0.05) is 24.3 Å². The van der Waals surface area contributed by atoms with Gasteiger partial charge in [0.1, 0.15) is 6.04 Å². The van der Waals surface area contributed by atoms with Gasteiger partial charge in [-0.2, -0.15) is 0 Å². The molecule has 146 valence electrons. The number of hydrogen-bond acceptors (Lipinski definition) is 7. The van der Waals surface area contributed by atoms with E-state index in [9.17, 15) is 4.79 Å². The molecule has 0 saturated carbocycles. The maximum Gasteiger partial charge on any atom is 0.277 e. The third kappa shape index (κ3) is 2.47. The molecule has 1 aliphatic carbocycles. The molecule has 7 nitrogen and oxygen atoms in total. The summed E-state index contributed by atoms with van der Waals surface area (Å²) in [6.45, 7) is 0. The monoisotopic (exact) mass is 383 g/mol. The van der Waals surface area contributed by atoms with E-state index in [0.29, 0.717) is 22.6 Å². The van der Waals surface area contributed by atoms with Crippen molar-refractivity contribution in [3.63, 3.8) is 0 Å². The molecular weight excluding hydrogens is 362 g/mol. The summed E-state index contributed by atoms with van der Waals surface area (Å²) in [6, 6.07) is 10.9. The van der Waals surface area contributed by atoms with Crippen molar-refractivity contribution in [3.05, 3.63) is 59.7 Å². The van der Waals surface area contributed by atoms with E-state index in [0.717, 1.165) is 5.69 Å². The van der Waals surface area contributed by atoms with Crippen molar-refractivity contribution in [1.82, 2.24) is 0 Å². The van der Waals surface area contributed by atoms with Gasteiger partial charge in [-0.3, -0.25) is 4.79 Å². The first-order valence-electron chi connectivity index (χ1n) is 8.75. The van der Waals surface area contributed by atoms with Crippen LogP contribution >= 0.6 is 0 Å². The molecule has 0 N–H and O–H groups in total. The minimum atomic E-state index is -1.61. The number of fused-ring (bicyclic) bond motifs is 1. The Balaban J connectivity index is 2.02. The van der Waals surface area contributed by atoms with Crippen LogP contribution in [0.15, 0.2) is 48.6 Å². The van der Waals surface area contributed by atoms with Crippen molar-refractivity contribution in [1.29, 1.82) is 0 Å². The van der Waals surface area contributed by atoms with Crippen LogP contribution in [-0.2, 0) is 9.57 Å². The van der Waals surface area contributed by atoms with E-state index in [4.69, 9.17) is 23.8 Å². The number of Topliss-reactive ketones (excluding diaryl/α,β-unsaturated/α-hetero) is 1. The first-order valence-corrected chi connectivity index (χ1v) is 8.75. The van der Waals surface area contributed by atoms with Crippen LogP contribution in [0.2, 0.25) is 0 Å². The van der Waals surface area contributed by atoms with Crippen molar-refractivity contribution in [2.24, 2.45) is 0 Å². The summed E-state index contributed by atoms with van der Waals surface area (Å²) < 4.78 is 22.1. The molecule has 2 atom stereocenters. The number of anilines is 1. The zero-order chi connectivity index (χ0) is 19.9. The molecule has 2 heterocycles. The Labute approximate surface area is 163 Å². The molecule has 7 heteroatoms. The van der Waals surface area contributed by atoms with E-state index in [-0.39, 0.29) is 17.6 Å². The summed E-state index contributed by atoms with van der Waals surface area (Å²) in [5.74, 6) is -0.889. The number of ketones is 1. The van der Waals surface area contributed by atoms with Gasteiger partial charge in [0.05, 0.1) is 32.6 Å². The average Bonchev–Trinajstić information content (AvgIpc) is 2.94. The Kier molecular flexibility index (Phi) is 4.49. The van der Waals surface area contributed by atoms with Gasteiger partial charge in [0, 0.05) is 7.11 Å². The fourth-order valence-corrected chi connectivity index (χ4v) is 3.68. The zero-order valence-corrected chi connectivity index (χ0v) is 16.1. The third-order valence-electron chi connectivity index (χ3n) is 5.02. The summed E-state index contributed by atoms with van der Waals surface area (Å²) in [7, 11) is 5.96. The van der Waals surface area contributed by atoms with Crippen LogP contribution in [-0.4, -0.2) is 40.0 Å². The predicted molar refractivity (Wildman–Crippen MR) is 102 cm³/mol. The van der Waals surface area contributed by atoms with Crippen LogP contribution in [0.3, 0.4) is 0 Å². The van der Waals surface area contributed by atoms with Crippen molar-refractivity contribution in [2.45, 2.75) is 11.8 Å². The Morgan fingerprint density at radius 2 is 1.71 bits per heavy atom. The van der Waals surface area contributed by atoms with Gasteiger partial charge < -0.3 is 18.9 Å². The second-order valence-electron chi connectivity index (χ2n) is 6.37. The van der Waals surface area contributed by atoms with E-state index in [1.165, 1.54) is 28.4 Å². The molecular formula is C21H21NO6. The van der Waals surface area contributed by atoms with Crippen molar-refractivity contribution in [2.75, 3.05) is 33.5 Å². The molecule has 0 radical (unpaired) electrons. The van der Waals surface area contributed by atoms with Gasteiger partial charge in [-0.15, -0.1) is 0 Å². The molecule has 0 unspecified atom stereocenters. The maximum absolute atomic E-state index is 13.6. The minimum Gasteiger partial charge on any atom is -0.493 e. The highest BCUT2D eigenvalue weighted by Gasteiger charge is 2.52. The number of methoxy groups -OCH3 is 4. The summed E-state index contributed by atoms with van der Waals surface area (Å²) >= 11 is 0. The fourth-order valence-electron chi connectivity index (χ4n) is 3.68. The number of benzene rings is 2. The molecule has 2 aliphatic heterocycles. The lowest BCUT2D eigenvalue weighted by molar-refractivity contribution is -0.169. The Morgan fingerprint density at radius 3 is 2.32 bits per heavy atom. The SMILES string of the molecule is COc1cc2c(c(OC)c1OC)C(=O)[C@@]1(OC)C=C[C@@H]2N(c2ccccc2)O1. The van der Waals surface area contributed by atoms with E-state index in [1.54, 1.807) is 17.2 Å². The average molecular weight is 383 g/mol. The highest BCUT2D eigenvalue weighted by molar-refractivity contribution is 6.08. The quantitative estimate of drug-likeness (QED) is 0.734. The number of carbonyl (C=O) groups is 1. The lowest BCUT2D eigenvalue weighted by Crippen LogP contribution is -2.48. The third-order valence-corrected chi connectivity index (χ3v) is 5.02. The number of nitrogens with zero attached hydrogens (tertiary/aromatic N) is 1. The van der Waals surface area contributed by atoms with Crippen LogP contribution in [0, 0.1) is 0 Å². The first-order chi connectivity index (χ1) is 13.6. The second kappa shape index (κ2) is 6.85. The lowest BCUT2D eigenvalue weighted by atomic mass is 9.95. The van der Waals surface area contributed by atoms with Crippen molar-refractivity contribution in [3.8, 4) is 17.2 Å². The Hall–Kier alpha value is -3.03.